The van der Waals surface area contributed by atoms with Gasteiger partial charge >= 0.3 is 5.97 Å². The lowest BCUT2D eigenvalue weighted by molar-refractivity contribution is -0.136. The van der Waals surface area contributed by atoms with Crippen LogP contribution in [0, 0.1) is 0 Å². The zero-order chi connectivity index (χ0) is 15.9. The minimum absolute atomic E-state index is 0.214. The van der Waals surface area contributed by atoms with Gasteiger partial charge in [0.25, 0.3) is 0 Å². The number of nitrogens with zero attached hydrogens (tertiary/aromatic N) is 1. The number of fused-ring (bicyclic) bond motifs is 1. The fourth-order valence-electron chi connectivity index (χ4n) is 2.90. The Bertz CT molecular complexity index is 554. The second-order valence-electron chi connectivity index (χ2n) is 5.66. The molecule has 0 atom stereocenters. The maximum atomic E-state index is 12.0. The lowest BCUT2D eigenvalue weighted by atomic mass is 10.0. The number of hydrogen-bond donors (Lipinski definition) is 0. The van der Waals surface area contributed by atoms with Crippen LogP contribution in [0.15, 0.2) is 28.2 Å². The minimum Gasteiger partial charge on any atom is -0.466 e. The van der Waals surface area contributed by atoms with Gasteiger partial charge in [-0.2, -0.15) is 0 Å². The molecule has 22 heavy (non-hydrogen) atoms. The summed E-state index contributed by atoms with van der Waals surface area (Å²) in [4.78, 5) is 14.4. The number of halogens is 1. The highest BCUT2D eigenvalue weighted by Gasteiger charge is 2.16. The Morgan fingerprint density at radius 3 is 2.86 bits per heavy atom. The van der Waals surface area contributed by atoms with Gasteiger partial charge in [0.2, 0.25) is 0 Å². The summed E-state index contributed by atoms with van der Waals surface area (Å²) in [6.45, 7) is 4.31. The van der Waals surface area contributed by atoms with Crippen molar-refractivity contribution < 1.29 is 9.53 Å². The second kappa shape index (κ2) is 8.37. The number of carbonyl (C=O) groups is 1. The van der Waals surface area contributed by atoms with E-state index in [0.29, 0.717) is 0 Å². The van der Waals surface area contributed by atoms with Crippen molar-refractivity contribution in [1.29, 1.82) is 0 Å². The summed E-state index contributed by atoms with van der Waals surface area (Å²) in [5.41, 5.74) is 3.05. The van der Waals surface area contributed by atoms with Crippen LogP contribution in [0.2, 0.25) is 0 Å². The van der Waals surface area contributed by atoms with E-state index in [1.54, 1.807) is 0 Å². The van der Waals surface area contributed by atoms with E-state index in [0.717, 1.165) is 60.8 Å². The predicted molar refractivity (Wildman–Crippen MR) is 95.1 cm³/mol. The van der Waals surface area contributed by atoms with Crippen LogP contribution in [0.4, 0.5) is 5.69 Å². The first kappa shape index (κ1) is 17.1. The van der Waals surface area contributed by atoms with Gasteiger partial charge < -0.3 is 9.64 Å². The molecule has 0 unspecified atom stereocenters. The van der Waals surface area contributed by atoms with Gasteiger partial charge in [-0.05, 0) is 55.5 Å². The van der Waals surface area contributed by atoms with E-state index < -0.39 is 0 Å². The number of anilines is 1. The highest BCUT2D eigenvalue weighted by Crippen LogP contribution is 2.29. The van der Waals surface area contributed by atoms with E-state index in [9.17, 15) is 4.79 Å². The van der Waals surface area contributed by atoms with Gasteiger partial charge in [-0.3, -0.25) is 0 Å². The molecule has 2 rings (SSSR count). The van der Waals surface area contributed by atoms with E-state index >= 15 is 0 Å². The molecule has 3 nitrogen and oxygen atoms in total. The van der Waals surface area contributed by atoms with Crippen molar-refractivity contribution in [2.45, 2.75) is 39.0 Å². The van der Waals surface area contributed by atoms with Gasteiger partial charge in [0.05, 0.1) is 7.11 Å². The molecule has 0 aromatic heterocycles. The lowest BCUT2D eigenvalue weighted by Gasteiger charge is -2.27. The Labute approximate surface area is 141 Å². The van der Waals surface area contributed by atoms with Crippen LogP contribution in [0.25, 0.3) is 6.08 Å². The molecule has 1 heterocycles. The number of hydrogen-bond acceptors (Lipinski definition) is 3. The number of carbonyl (C=O) groups excluding carboxylic acids is 1. The monoisotopic (exact) mass is 365 g/mol. The fourth-order valence-corrected chi connectivity index (χ4v) is 3.28. The van der Waals surface area contributed by atoms with Crippen molar-refractivity contribution in [3.05, 3.63) is 33.8 Å². The highest BCUT2D eigenvalue weighted by molar-refractivity contribution is 9.10. The Morgan fingerprint density at radius 1 is 1.32 bits per heavy atom. The van der Waals surface area contributed by atoms with Gasteiger partial charge in [-0.1, -0.05) is 29.3 Å². The summed E-state index contributed by atoms with van der Waals surface area (Å²) in [6, 6.07) is 6.30. The normalized spacial score (nSPS) is 18.1. The zero-order valence-electron chi connectivity index (χ0n) is 13.4. The summed E-state index contributed by atoms with van der Waals surface area (Å²) in [5, 5.41) is 0. The second-order valence-corrected chi connectivity index (χ2v) is 6.58. The largest absolute Gasteiger partial charge is 0.466 e. The van der Waals surface area contributed by atoms with Crippen LogP contribution in [0.5, 0.6) is 0 Å². The van der Waals surface area contributed by atoms with E-state index in [1.165, 1.54) is 12.8 Å². The van der Waals surface area contributed by atoms with E-state index in [2.05, 4.69) is 46.0 Å². The molecular formula is C18H24BrNO2. The van der Waals surface area contributed by atoms with E-state index in [-0.39, 0.29) is 5.97 Å². The summed E-state index contributed by atoms with van der Waals surface area (Å²) < 4.78 is 5.97. The first-order chi connectivity index (χ1) is 10.7. The van der Waals surface area contributed by atoms with Crippen LogP contribution in [0.1, 0.15) is 44.6 Å². The smallest absolute Gasteiger partial charge is 0.333 e. The molecule has 1 aliphatic heterocycles. The molecule has 120 valence electrons. The zero-order valence-corrected chi connectivity index (χ0v) is 15.0. The molecule has 1 aromatic rings. The molecule has 0 radical (unpaired) electrons. The highest BCUT2D eigenvalue weighted by atomic mass is 79.9. The van der Waals surface area contributed by atoms with E-state index in [1.807, 2.05) is 6.08 Å². The minimum atomic E-state index is -0.214. The lowest BCUT2D eigenvalue weighted by Crippen LogP contribution is -2.26. The van der Waals surface area contributed by atoms with Crippen molar-refractivity contribution in [3.8, 4) is 0 Å². The van der Waals surface area contributed by atoms with Crippen LogP contribution in [-0.4, -0.2) is 26.2 Å². The van der Waals surface area contributed by atoms with Gasteiger partial charge in [-0.15, -0.1) is 0 Å². The molecule has 0 saturated carbocycles. The van der Waals surface area contributed by atoms with Crippen molar-refractivity contribution in [2.24, 2.45) is 0 Å². The third-order valence-corrected chi connectivity index (χ3v) is 4.47. The van der Waals surface area contributed by atoms with Crippen LogP contribution < -0.4 is 4.90 Å². The topological polar surface area (TPSA) is 29.5 Å². The van der Waals surface area contributed by atoms with Gasteiger partial charge in [0, 0.05) is 28.8 Å². The van der Waals surface area contributed by atoms with Gasteiger partial charge in [0.15, 0.2) is 0 Å². The molecule has 1 aromatic carbocycles. The Hall–Kier alpha value is -1.29. The molecule has 0 bridgehead atoms. The van der Waals surface area contributed by atoms with Crippen molar-refractivity contribution >= 4 is 33.7 Å². The number of rotatable bonds is 3. The summed E-state index contributed by atoms with van der Waals surface area (Å²) in [7, 11) is 1.45. The Balaban J connectivity index is 2.48. The summed E-state index contributed by atoms with van der Waals surface area (Å²) in [5.74, 6) is -0.214. The number of benzene rings is 1. The van der Waals surface area contributed by atoms with E-state index in [4.69, 9.17) is 4.74 Å². The molecule has 1 aliphatic rings. The Kier molecular flexibility index (Phi) is 6.49. The number of ether oxygens (including phenoxy) is 1. The summed E-state index contributed by atoms with van der Waals surface area (Å²) in [6.07, 6.45) is 7.23. The molecule has 0 aliphatic carbocycles. The molecule has 0 N–H and O–H groups in total. The molecular weight excluding hydrogens is 342 g/mol. The number of esters is 1. The third kappa shape index (κ3) is 4.35. The van der Waals surface area contributed by atoms with Crippen molar-refractivity contribution in [3.63, 3.8) is 0 Å². The van der Waals surface area contributed by atoms with Crippen molar-refractivity contribution in [2.75, 3.05) is 25.1 Å². The standard InChI is InChI=1S/C18H24BrNO2/c1-3-10-20-11-6-4-5-7-14(18(21)22-2)12-15-13-16(19)8-9-17(15)20/h8-9,12-13H,3-7,10-11H2,1-2H3/b14-12+. The van der Waals surface area contributed by atoms with Crippen LogP contribution in [0.3, 0.4) is 0 Å². The van der Waals surface area contributed by atoms with Crippen LogP contribution >= 0.6 is 15.9 Å². The third-order valence-electron chi connectivity index (χ3n) is 3.98. The van der Waals surface area contributed by atoms with Gasteiger partial charge in [-0.25, -0.2) is 4.79 Å². The van der Waals surface area contributed by atoms with Gasteiger partial charge in [0.1, 0.15) is 0 Å². The van der Waals surface area contributed by atoms with Crippen molar-refractivity contribution in [1.82, 2.24) is 0 Å². The maximum Gasteiger partial charge on any atom is 0.333 e. The quantitative estimate of drug-likeness (QED) is 0.720. The molecule has 0 saturated heterocycles. The molecule has 0 spiro atoms. The predicted octanol–water partition coefficient (Wildman–Crippen LogP) is 4.80. The summed E-state index contributed by atoms with van der Waals surface area (Å²) >= 11 is 3.54. The average Bonchev–Trinajstić information content (AvgIpc) is 2.52. The molecule has 0 amide bonds. The Morgan fingerprint density at radius 2 is 2.14 bits per heavy atom. The number of methoxy groups -OCH3 is 1. The molecule has 4 heteroatoms. The first-order valence-electron chi connectivity index (χ1n) is 7.99. The SMILES string of the molecule is CCCN1CCCCC/C(C(=O)OC)=C\c2cc(Br)ccc21. The van der Waals surface area contributed by atoms with Crippen LogP contribution in [-0.2, 0) is 9.53 Å². The maximum absolute atomic E-state index is 12.0. The molecule has 0 fully saturated rings. The first-order valence-corrected chi connectivity index (χ1v) is 8.78. The fraction of sp³-hybridized carbons (Fsp3) is 0.500. The average molecular weight is 366 g/mol.